The van der Waals surface area contributed by atoms with Crippen LogP contribution in [0.4, 0.5) is 0 Å². The zero-order valence-electron chi connectivity index (χ0n) is 12.3. The molecular weight excluding hydrogens is 258 g/mol. The first-order chi connectivity index (χ1) is 9.36. The van der Waals surface area contributed by atoms with Gasteiger partial charge in [-0.3, -0.25) is 14.5 Å². The van der Waals surface area contributed by atoms with Gasteiger partial charge in [-0.25, -0.2) is 0 Å². The van der Waals surface area contributed by atoms with Crippen molar-refractivity contribution in [3.05, 3.63) is 0 Å². The van der Waals surface area contributed by atoms with Crippen LogP contribution < -0.4 is 5.73 Å². The average Bonchev–Trinajstić information content (AvgIpc) is 2.59. The predicted octanol–water partition coefficient (Wildman–Crippen LogP) is -0.302. The minimum absolute atomic E-state index is 0.0738. The number of β-amino-alcohol motifs (C(OH)–C–C–N with tert-alkyl or cyclic N) is 1. The maximum Gasteiger partial charge on any atom is 0.237 e. The molecule has 20 heavy (non-hydrogen) atoms. The summed E-state index contributed by atoms with van der Waals surface area (Å²) in [7, 11) is 1.67. The lowest BCUT2D eigenvalue weighted by atomic mass is 9.87. The normalized spacial score (nSPS) is 31.1. The summed E-state index contributed by atoms with van der Waals surface area (Å²) >= 11 is 0. The summed E-state index contributed by atoms with van der Waals surface area (Å²) < 4.78 is 0. The predicted molar refractivity (Wildman–Crippen MR) is 74.8 cm³/mol. The molecule has 0 aromatic rings. The molecule has 2 rings (SSSR count). The van der Waals surface area contributed by atoms with E-state index in [1.165, 1.54) is 11.8 Å². The molecule has 3 atom stereocenters. The number of aliphatic hydroxyl groups is 1. The fourth-order valence-corrected chi connectivity index (χ4v) is 3.69. The highest BCUT2D eigenvalue weighted by molar-refractivity contribution is 5.85. The molecule has 0 spiro atoms. The molecule has 0 aromatic carbocycles. The van der Waals surface area contributed by atoms with Crippen molar-refractivity contribution < 1.29 is 14.7 Å². The lowest BCUT2D eigenvalue weighted by molar-refractivity contribution is -0.134. The van der Waals surface area contributed by atoms with Gasteiger partial charge in [-0.05, 0) is 32.1 Å². The van der Waals surface area contributed by atoms with E-state index >= 15 is 0 Å². The van der Waals surface area contributed by atoms with Crippen molar-refractivity contribution in [3.8, 4) is 0 Å². The molecule has 0 unspecified atom stereocenters. The van der Waals surface area contributed by atoms with Crippen LogP contribution in [0.3, 0.4) is 0 Å². The molecule has 0 saturated carbocycles. The van der Waals surface area contributed by atoms with E-state index < -0.39 is 11.6 Å². The van der Waals surface area contributed by atoms with Crippen LogP contribution in [0.25, 0.3) is 0 Å². The molecule has 6 heteroatoms. The third-order valence-corrected chi connectivity index (χ3v) is 4.90. The van der Waals surface area contributed by atoms with Gasteiger partial charge in [0.1, 0.15) is 5.54 Å². The molecule has 0 radical (unpaired) electrons. The number of nitrogens with two attached hydrogens (primary N) is 1. The maximum atomic E-state index is 11.9. The first kappa shape index (κ1) is 15.3. The SMILES string of the molecule is CC(=O)N(C)C[C@H](O)CN1[C@@H]2CCC[C@@]1(C(N)=O)CC2. The van der Waals surface area contributed by atoms with Gasteiger partial charge < -0.3 is 15.7 Å². The second-order valence-electron chi connectivity index (χ2n) is 6.19. The Morgan fingerprint density at radius 3 is 2.75 bits per heavy atom. The topological polar surface area (TPSA) is 86.9 Å². The molecule has 3 N–H and O–H groups in total. The van der Waals surface area contributed by atoms with Gasteiger partial charge in [0.25, 0.3) is 0 Å². The van der Waals surface area contributed by atoms with Gasteiger partial charge in [0, 0.05) is 33.1 Å². The van der Waals surface area contributed by atoms with Gasteiger partial charge >= 0.3 is 0 Å². The minimum atomic E-state index is -0.652. The van der Waals surface area contributed by atoms with Crippen molar-refractivity contribution in [2.24, 2.45) is 5.73 Å². The summed E-state index contributed by atoms with van der Waals surface area (Å²) in [5.74, 6) is -0.345. The van der Waals surface area contributed by atoms with Gasteiger partial charge in [0.05, 0.1) is 6.10 Å². The van der Waals surface area contributed by atoms with Crippen LogP contribution in [0.15, 0.2) is 0 Å². The van der Waals surface area contributed by atoms with Crippen LogP contribution in [0, 0.1) is 0 Å². The lowest BCUT2D eigenvalue weighted by Gasteiger charge is -2.43. The first-order valence-electron chi connectivity index (χ1n) is 7.33. The molecule has 0 aromatic heterocycles. The Balaban J connectivity index is 2.04. The van der Waals surface area contributed by atoms with Crippen LogP contribution in [0.5, 0.6) is 0 Å². The summed E-state index contributed by atoms with van der Waals surface area (Å²) in [5, 5.41) is 10.2. The molecule has 2 heterocycles. The second kappa shape index (κ2) is 5.69. The summed E-state index contributed by atoms with van der Waals surface area (Å²) in [6.07, 6.45) is 3.98. The highest BCUT2D eigenvalue weighted by Crippen LogP contribution is 2.43. The van der Waals surface area contributed by atoms with E-state index in [1.807, 2.05) is 0 Å². The standard InChI is InChI=1S/C14H25N3O3/c1-10(18)16(2)8-12(19)9-17-11-4-3-6-14(17,7-5-11)13(15)20/h11-12,19H,3-9H2,1-2H3,(H2,15,20)/t11-,12+,14+/m1/s1. The van der Waals surface area contributed by atoms with Crippen molar-refractivity contribution in [3.63, 3.8) is 0 Å². The number of rotatable bonds is 5. The quantitative estimate of drug-likeness (QED) is 0.725. The molecule has 2 amide bonds. The zero-order chi connectivity index (χ0) is 14.9. The molecule has 2 aliphatic rings. The van der Waals surface area contributed by atoms with Crippen molar-refractivity contribution >= 4 is 11.8 Å². The number of carbonyl (C=O) groups excluding carboxylic acids is 2. The Morgan fingerprint density at radius 1 is 1.45 bits per heavy atom. The van der Waals surface area contributed by atoms with E-state index in [0.29, 0.717) is 12.6 Å². The summed E-state index contributed by atoms with van der Waals surface area (Å²) in [6.45, 7) is 2.17. The highest BCUT2D eigenvalue weighted by Gasteiger charge is 2.52. The Labute approximate surface area is 119 Å². The average molecular weight is 283 g/mol. The molecule has 2 aliphatic heterocycles. The molecule has 2 bridgehead atoms. The van der Waals surface area contributed by atoms with E-state index in [0.717, 1.165) is 32.1 Å². The smallest absolute Gasteiger partial charge is 0.237 e. The molecule has 2 saturated heterocycles. The maximum absolute atomic E-state index is 11.9. The largest absolute Gasteiger partial charge is 0.390 e. The summed E-state index contributed by atoms with van der Waals surface area (Å²) in [4.78, 5) is 26.7. The Morgan fingerprint density at radius 2 is 2.15 bits per heavy atom. The number of likely N-dealkylation sites (N-methyl/N-ethyl adjacent to an activating group) is 1. The summed E-state index contributed by atoms with van der Waals surface area (Å²) in [6, 6.07) is 0.341. The van der Waals surface area contributed by atoms with Crippen LogP contribution in [-0.2, 0) is 9.59 Å². The first-order valence-corrected chi connectivity index (χ1v) is 7.33. The number of nitrogens with zero attached hydrogens (tertiary/aromatic N) is 2. The molecule has 0 aliphatic carbocycles. The Kier molecular flexibility index (Phi) is 4.34. The number of hydrogen-bond donors (Lipinski definition) is 2. The van der Waals surface area contributed by atoms with Gasteiger partial charge in [-0.2, -0.15) is 0 Å². The van der Waals surface area contributed by atoms with Crippen molar-refractivity contribution in [1.29, 1.82) is 0 Å². The van der Waals surface area contributed by atoms with Crippen molar-refractivity contribution in [1.82, 2.24) is 9.80 Å². The third-order valence-electron chi connectivity index (χ3n) is 4.90. The van der Waals surface area contributed by atoms with E-state index in [-0.39, 0.29) is 18.4 Å². The number of primary amides is 1. The zero-order valence-corrected chi connectivity index (χ0v) is 12.3. The number of aliphatic hydroxyl groups excluding tert-OH is 1. The van der Waals surface area contributed by atoms with Crippen LogP contribution in [-0.4, -0.2) is 64.5 Å². The second-order valence-corrected chi connectivity index (χ2v) is 6.19. The fraction of sp³-hybridized carbons (Fsp3) is 0.857. The molecule has 6 nitrogen and oxygen atoms in total. The molecule has 114 valence electrons. The summed E-state index contributed by atoms with van der Waals surface area (Å²) in [5.41, 5.74) is 5.06. The number of piperidine rings is 1. The third kappa shape index (κ3) is 2.67. The number of hydrogen-bond acceptors (Lipinski definition) is 4. The Bertz CT molecular complexity index is 397. The number of carbonyl (C=O) groups is 2. The van der Waals surface area contributed by atoms with E-state index in [4.69, 9.17) is 5.73 Å². The van der Waals surface area contributed by atoms with Gasteiger partial charge in [-0.15, -0.1) is 0 Å². The van der Waals surface area contributed by atoms with Crippen molar-refractivity contribution in [2.75, 3.05) is 20.1 Å². The van der Waals surface area contributed by atoms with E-state index in [9.17, 15) is 14.7 Å². The molecular formula is C14H25N3O3. The highest BCUT2D eigenvalue weighted by atomic mass is 16.3. The minimum Gasteiger partial charge on any atom is -0.390 e. The lowest BCUT2D eigenvalue weighted by Crippen LogP contribution is -2.60. The monoisotopic (exact) mass is 283 g/mol. The Hall–Kier alpha value is -1.14. The van der Waals surface area contributed by atoms with Gasteiger partial charge in [0.2, 0.25) is 11.8 Å². The van der Waals surface area contributed by atoms with Crippen LogP contribution in [0.1, 0.15) is 39.0 Å². The van der Waals surface area contributed by atoms with Crippen LogP contribution in [0.2, 0.25) is 0 Å². The number of amides is 2. The van der Waals surface area contributed by atoms with E-state index in [2.05, 4.69) is 4.90 Å². The molecule has 2 fully saturated rings. The van der Waals surface area contributed by atoms with Gasteiger partial charge in [-0.1, -0.05) is 0 Å². The fourth-order valence-electron chi connectivity index (χ4n) is 3.69. The van der Waals surface area contributed by atoms with E-state index in [1.54, 1.807) is 7.05 Å². The number of fused-ring (bicyclic) bond motifs is 2. The van der Waals surface area contributed by atoms with Crippen molar-refractivity contribution in [2.45, 2.75) is 56.7 Å². The van der Waals surface area contributed by atoms with Crippen LogP contribution >= 0.6 is 0 Å². The van der Waals surface area contributed by atoms with Gasteiger partial charge in [0.15, 0.2) is 0 Å².